The molecular weight excluding hydrogens is 262 g/mol. The van der Waals surface area contributed by atoms with Crippen LogP contribution in [0.2, 0.25) is 0 Å². The summed E-state index contributed by atoms with van der Waals surface area (Å²) < 4.78 is 29.0. The highest BCUT2D eigenvalue weighted by Crippen LogP contribution is 2.20. The molecule has 1 aromatic carbocycles. The molecule has 2 N–H and O–H groups in total. The number of nitrogens with zero attached hydrogens (tertiary/aromatic N) is 1. The van der Waals surface area contributed by atoms with Crippen LogP contribution in [-0.2, 0) is 23.2 Å². The molecule has 1 fully saturated rings. The number of hydrogen-bond acceptors (Lipinski definition) is 3. The van der Waals surface area contributed by atoms with Crippen molar-refractivity contribution < 1.29 is 8.42 Å². The summed E-state index contributed by atoms with van der Waals surface area (Å²) in [5.41, 5.74) is 2.38. The molecule has 1 atom stereocenters. The van der Waals surface area contributed by atoms with E-state index < -0.39 is 10.2 Å². The third kappa shape index (κ3) is 2.81. The van der Waals surface area contributed by atoms with Gasteiger partial charge in [0.15, 0.2) is 0 Å². The van der Waals surface area contributed by atoms with E-state index >= 15 is 0 Å². The van der Waals surface area contributed by atoms with Gasteiger partial charge in [-0.25, -0.2) is 0 Å². The van der Waals surface area contributed by atoms with Crippen LogP contribution in [0.15, 0.2) is 24.3 Å². The average molecular weight is 281 g/mol. The van der Waals surface area contributed by atoms with Gasteiger partial charge >= 0.3 is 0 Å². The van der Waals surface area contributed by atoms with Gasteiger partial charge in [-0.2, -0.15) is 17.4 Å². The van der Waals surface area contributed by atoms with Crippen molar-refractivity contribution in [3.05, 3.63) is 35.4 Å². The van der Waals surface area contributed by atoms with Crippen LogP contribution in [0.1, 0.15) is 17.5 Å². The second kappa shape index (κ2) is 5.20. The topological polar surface area (TPSA) is 61.4 Å². The Kier molecular flexibility index (Phi) is 3.58. The quantitative estimate of drug-likeness (QED) is 0.834. The van der Waals surface area contributed by atoms with E-state index in [2.05, 4.69) is 16.1 Å². The van der Waals surface area contributed by atoms with Crippen LogP contribution >= 0.6 is 0 Å². The fourth-order valence-corrected chi connectivity index (χ4v) is 4.13. The summed E-state index contributed by atoms with van der Waals surface area (Å²) in [5, 5.41) is 3.17. The highest BCUT2D eigenvalue weighted by Gasteiger charge is 2.29. The first kappa shape index (κ1) is 13.1. The molecule has 0 bridgehead atoms. The number of hydrogen-bond donors (Lipinski definition) is 2. The van der Waals surface area contributed by atoms with Gasteiger partial charge in [-0.3, -0.25) is 0 Å². The van der Waals surface area contributed by atoms with Crippen molar-refractivity contribution in [3.63, 3.8) is 0 Å². The van der Waals surface area contributed by atoms with Crippen LogP contribution < -0.4 is 10.0 Å². The zero-order valence-corrected chi connectivity index (χ0v) is 11.6. The van der Waals surface area contributed by atoms with Crippen molar-refractivity contribution in [2.24, 2.45) is 0 Å². The normalized spacial score (nSPS) is 24.3. The van der Waals surface area contributed by atoms with E-state index in [9.17, 15) is 8.42 Å². The summed E-state index contributed by atoms with van der Waals surface area (Å²) >= 11 is 0. The lowest BCUT2D eigenvalue weighted by atomic mass is 10.0. The summed E-state index contributed by atoms with van der Waals surface area (Å²) in [6.45, 7) is 2.65. The highest BCUT2D eigenvalue weighted by molar-refractivity contribution is 7.87. The van der Waals surface area contributed by atoms with E-state index in [4.69, 9.17) is 0 Å². The molecule has 2 heterocycles. The Morgan fingerprint density at radius 2 is 2.05 bits per heavy atom. The fourth-order valence-electron chi connectivity index (χ4n) is 2.72. The molecule has 0 aliphatic carbocycles. The second-order valence-corrected chi connectivity index (χ2v) is 6.87. The molecule has 1 aromatic rings. The molecule has 0 aromatic heterocycles. The van der Waals surface area contributed by atoms with E-state index in [1.165, 1.54) is 5.56 Å². The lowest BCUT2D eigenvalue weighted by molar-refractivity contribution is 0.379. The molecule has 0 amide bonds. The van der Waals surface area contributed by atoms with Gasteiger partial charge in [0.1, 0.15) is 0 Å². The summed E-state index contributed by atoms with van der Waals surface area (Å²) in [4.78, 5) is 0. The molecule has 3 rings (SSSR count). The van der Waals surface area contributed by atoms with Crippen molar-refractivity contribution in [1.82, 2.24) is 14.3 Å². The molecule has 0 radical (unpaired) electrons. The molecule has 2 aliphatic rings. The van der Waals surface area contributed by atoms with E-state index in [1.54, 1.807) is 4.31 Å². The number of rotatable bonds is 3. The molecule has 19 heavy (non-hydrogen) atoms. The lowest BCUT2D eigenvalue weighted by Gasteiger charge is -2.29. The summed E-state index contributed by atoms with van der Waals surface area (Å²) in [5.74, 6) is 0. The first-order chi connectivity index (χ1) is 9.15. The Bertz CT molecular complexity index is 553. The third-order valence-corrected chi connectivity index (χ3v) is 5.43. The molecule has 1 saturated heterocycles. The molecule has 6 heteroatoms. The number of benzene rings is 1. The zero-order chi connectivity index (χ0) is 13.3. The largest absolute Gasteiger partial charge is 0.315 e. The van der Waals surface area contributed by atoms with Crippen LogP contribution in [-0.4, -0.2) is 38.4 Å². The van der Waals surface area contributed by atoms with E-state index in [0.717, 1.165) is 31.5 Å². The molecule has 2 aliphatic heterocycles. The summed E-state index contributed by atoms with van der Waals surface area (Å²) in [7, 11) is -3.37. The molecule has 0 spiro atoms. The average Bonchev–Trinajstić information content (AvgIpc) is 2.90. The Morgan fingerprint density at radius 3 is 2.79 bits per heavy atom. The van der Waals surface area contributed by atoms with Gasteiger partial charge < -0.3 is 5.32 Å². The van der Waals surface area contributed by atoms with Gasteiger partial charge in [0, 0.05) is 25.7 Å². The van der Waals surface area contributed by atoms with Gasteiger partial charge in [-0.15, -0.1) is 0 Å². The molecule has 1 unspecified atom stereocenters. The highest BCUT2D eigenvalue weighted by atomic mass is 32.2. The maximum Gasteiger partial charge on any atom is 0.280 e. The zero-order valence-electron chi connectivity index (χ0n) is 10.8. The Balaban J connectivity index is 1.72. The maximum absolute atomic E-state index is 12.3. The fraction of sp³-hybridized carbons (Fsp3) is 0.538. The van der Waals surface area contributed by atoms with Crippen LogP contribution in [0, 0.1) is 0 Å². The maximum atomic E-state index is 12.3. The molecule has 0 saturated carbocycles. The molecule has 104 valence electrons. The van der Waals surface area contributed by atoms with Gasteiger partial charge in [0.05, 0.1) is 0 Å². The van der Waals surface area contributed by atoms with Crippen molar-refractivity contribution >= 4 is 10.2 Å². The molecular formula is C13H19N3O2S. The molecule has 5 nitrogen and oxygen atoms in total. The monoisotopic (exact) mass is 281 g/mol. The van der Waals surface area contributed by atoms with E-state index in [-0.39, 0.29) is 6.04 Å². The van der Waals surface area contributed by atoms with Crippen molar-refractivity contribution in [2.75, 3.05) is 19.6 Å². The Hall–Kier alpha value is -0.950. The number of nitrogens with one attached hydrogen (secondary N) is 2. The second-order valence-electron chi connectivity index (χ2n) is 5.16. The number of fused-ring (bicyclic) bond motifs is 1. The van der Waals surface area contributed by atoms with E-state index in [1.807, 2.05) is 18.2 Å². The SMILES string of the molecule is O=S(=O)(NC1CCNC1)N1CCc2ccccc2C1. The Morgan fingerprint density at radius 1 is 1.26 bits per heavy atom. The van der Waals surface area contributed by atoms with Crippen LogP contribution in [0.25, 0.3) is 0 Å². The minimum Gasteiger partial charge on any atom is -0.315 e. The first-order valence-corrected chi connectivity index (χ1v) is 8.14. The summed E-state index contributed by atoms with van der Waals surface area (Å²) in [6, 6.07) is 8.08. The van der Waals surface area contributed by atoms with Crippen LogP contribution in [0.4, 0.5) is 0 Å². The van der Waals surface area contributed by atoms with Crippen molar-refractivity contribution in [2.45, 2.75) is 25.4 Å². The first-order valence-electron chi connectivity index (χ1n) is 6.70. The van der Waals surface area contributed by atoms with Gasteiger partial charge in [0.2, 0.25) is 0 Å². The minimum atomic E-state index is -3.37. The van der Waals surface area contributed by atoms with Crippen molar-refractivity contribution in [1.29, 1.82) is 0 Å². The lowest BCUT2D eigenvalue weighted by Crippen LogP contribution is -2.47. The van der Waals surface area contributed by atoms with Gasteiger partial charge in [0.25, 0.3) is 10.2 Å². The van der Waals surface area contributed by atoms with Gasteiger partial charge in [-0.1, -0.05) is 24.3 Å². The minimum absolute atomic E-state index is 0.0298. The van der Waals surface area contributed by atoms with Crippen molar-refractivity contribution in [3.8, 4) is 0 Å². The Labute approximate surface area is 114 Å². The van der Waals surface area contributed by atoms with E-state index in [0.29, 0.717) is 13.1 Å². The predicted molar refractivity (Wildman–Crippen MR) is 73.9 cm³/mol. The van der Waals surface area contributed by atoms with Gasteiger partial charge in [-0.05, 0) is 30.5 Å². The third-order valence-electron chi connectivity index (χ3n) is 3.81. The van der Waals surface area contributed by atoms with Crippen LogP contribution in [0.3, 0.4) is 0 Å². The predicted octanol–water partition coefficient (Wildman–Crippen LogP) is 0.241. The van der Waals surface area contributed by atoms with Crippen LogP contribution in [0.5, 0.6) is 0 Å². The standard InChI is InChI=1S/C13H19N3O2S/c17-19(18,15-13-5-7-14-9-13)16-8-6-11-3-1-2-4-12(11)10-16/h1-4,13-15H,5-10H2. The smallest absolute Gasteiger partial charge is 0.280 e. The summed E-state index contributed by atoms with van der Waals surface area (Å²) in [6.07, 6.45) is 1.66.